The number of benzene rings is 1. The van der Waals surface area contributed by atoms with E-state index in [1.54, 1.807) is 6.20 Å². The Kier molecular flexibility index (Phi) is 7.18. The molecular weight excluding hydrogens is 434 g/mol. The van der Waals surface area contributed by atoms with Gasteiger partial charge in [0.05, 0.1) is 17.2 Å². The highest BCUT2D eigenvalue weighted by molar-refractivity contribution is 7.91. The highest BCUT2D eigenvalue weighted by Gasteiger charge is 2.22. The minimum absolute atomic E-state index is 0.160. The fourth-order valence-electron chi connectivity index (χ4n) is 3.94. The van der Waals surface area contributed by atoms with Gasteiger partial charge in [0.1, 0.15) is 11.6 Å². The fourth-order valence-corrected chi connectivity index (χ4v) is 5.14. The van der Waals surface area contributed by atoms with Gasteiger partial charge < -0.3 is 4.90 Å². The number of carbonyl (C=O) groups excluding carboxylic acids is 1. The van der Waals surface area contributed by atoms with Crippen LogP contribution in [0.3, 0.4) is 0 Å². The van der Waals surface area contributed by atoms with Crippen LogP contribution in [0.25, 0.3) is 11.3 Å². The molecule has 0 aliphatic carbocycles. The van der Waals surface area contributed by atoms with E-state index in [-0.39, 0.29) is 17.3 Å². The number of carbonyl (C=O) groups is 1. The van der Waals surface area contributed by atoms with Crippen LogP contribution < -0.4 is 4.90 Å². The molecule has 1 fully saturated rings. The van der Waals surface area contributed by atoms with Gasteiger partial charge in [-0.3, -0.25) is 9.78 Å². The number of hydrogen-bond acceptors (Lipinski definition) is 6. The van der Waals surface area contributed by atoms with Crippen molar-refractivity contribution in [2.75, 3.05) is 29.5 Å². The summed E-state index contributed by atoms with van der Waals surface area (Å²) < 4.78 is 23.2. The average molecular weight is 464 g/mol. The van der Waals surface area contributed by atoms with Crippen LogP contribution in [0.15, 0.2) is 60.9 Å². The second kappa shape index (κ2) is 10.3. The van der Waals surface area contributed by atoms with Crippen LogP contribution in [0.4, 0.5) is 5.82 Å². The number of pyridine rings is 2. The number of Topliss-reactive ketones (excluding diaryl/α,β-unsaturated/α-hetero) is 1. The molecule has 33 heavy (non-hydrogen) atoms. The molecule has 0 saturated carbocycles. The maximum absolute atomic E-state index is 12.5. The maximum atomic E-state index is 12.5. The van der Waals surface area contributed by atoms with Crippen LogP contribution in [-0.2, 0) is 33.9 Å². The molecule has 1 aliphatic heterocycles. The number of sulfone groups is 1. The molecule has 0 amide bonds. The fraction of sp³-hybridized carbons (Fsp3) is 0.346. The Morgan fingerprint density at radius 2 is 1.70 bits per heavy atom. The molecule has 0 N–H and O–H groups in total. The van der Waals surface area contributed by atoms with E-state index in [2.05, 4.69) is 41.2 Å². The van der Waals surface area contributed by atoms with Crippen molar-refractivity contribution in [3.05, 3.63) is 77.6 Å². The van der Waals surface area contributed by atoms with E-state index in [9.17, 15) is 13.2 Å². The summed E-state index contributed by atoms with van der Waals surface area (Å²) in [6.45, 7) is 3.06. The molecule has 1 aliphatic rings. The predicted molar refractivity (Wildman–Crippen MR) is 131 cm³/mol. The van der Waals surface area contributed by atoms with E-state index in [1.165, 1.54) is 5.56 Å². The van der Waals surface area contributed by atoms with Crippen LogP contribution in [0.1, 0.15) is 30.0 Å². The van der Waals surface area contributed by atoms with E-state index < -0.39 is 9.84 Å². The SMILES string of the molecule is CCc1cccc(-c2ccc(CCC(=O)Cc3ccc(N4CCS(=O)(=O)CC4)nc3)cn2)c1. The van der Waals surface area contributed by atoms with Crippen LogP contribution in [-0.4, -0.2) is 48.8 Å². The van der Waals surface area contributed by atoms with Crippen molar-refractivity contribution in [1.29, 1.82) is 0 Å². The van der Waals surface area contributed by atoms with Gasteiger partial charge in [0.2, 0.25) is 0 Å². The number of aromatic nitrogens is 2. The minimum atomic E-state index is -2.92. The number of nitrogens with zero attached hydrogens (tertiary/aromatic N) is 3. The van der Waals surface area contributed by atoms with Crippen molar-refractivity contribution in [3.63, 3.8) is 0 Å². The van der Waals surface area contributed by atoms with Gasteiger partial charge in [0.15, 0.2) is 9.84 Å². The van der Waals surface area contributed by atoms with E-state index in [1.807, 2.05) is 35.4 Å². The molecule has 1 aromatic carbocycles. The molecule has 6 nitrogen and oxygen atoms in total. The van der Waals surface area contributed by atoms with Gasteiger partial charge in [0.25, 0.3) is 0 Å². The predicted octanol–water partition coefficient (Wildman–Crippen LogP) is 3.69. The quantitative estimate of drug-likeness (QED) is 0.507. The normalized spacial score (nSPS) is 15.4. The molecule has 0 radical (unpaired) electrons. The van der Waals surface area contributed by atoms with Crippen LogP contribution in [0, 0.1) is 0 Å². The van der Waals surface area contributed by atoms with Crippen molar-refractivity contribution >= 4 is 21.4 Å². The molecule has 1 saturated heterocycles. The largest absolute Gasteiger partial charge is 0.355 e. The Bertz CT molecular complexity index is 1190. The van der Waals surface area contributed by atoms with Crippen LogP contribution >= 0.6 is 0 Å². The Morgan fingerprint density at radius 1 is 0.939 bits per heavy atom. The van der Waals surface area contributed by atoms with E-state index in [0.717, 1.165) is 34.6 Å². The Labute approximate surface area is 195 Å². The van der Waals surface area contributed by atoms with Crippen LogP contribution in [0.2, 0.25) is 0 Å². The number of hydrogen-bond donors (Lipinski definition) is 0. The molecule has 172 valence electrons. The van der Waals surface area contributed by atoms with Gasteiger partial charge in [-0.05, 0) is 47.7 Å². The molecular formula is C26H29N3O3S. The van der Waals surface area contributed by atoms with E-state index >= 15 is 0 Å². The first-order valence-corrected chi connectivity index (χ1v) is 13.2. The number of anilines is 1. The smallest absolute Gasteiger partial charge is 0.153 e. The van der Waals surface area contributed by atoms with Gasteiger partial charge in [-0.15, -0.1) is 0 Å². The van der Waals surface area contributed by atoms with Crippen molar-refractivity contribution in [3.8, 4) is 11.3 Å². The maximum Gasteiger partial charge on any atom is 0.153 e. The van der Waals surface area contributed by atoms with Gasteiger partial charge in [-0.1, -0.05) is 37.3 Å². The van der Waals surface area contributed by atoms with Gasteiger partial charge >= 0.3 is 0 Å². The molecule has 0 atom stereocenters. The third-order valence-corrected chi connectivity index (χ3v) is 7.64. The van der Waals surface area contributed by atoms with E-state index in [0.29, 0.717) is 32.4 Å². The molecule has 3 aromatic rings. The monoisotopic (exact) mass is 463 g/mol. The second-order valence-corrected chi connectivity index (χ2v) is 10.8. The van der Waals surface area contributed by atoms with E-state index in [4.69, 9.17) is 0 Å². The lowest BCUT2D eigenvalue weighted by Gasteiger charge is -2.27. The van der Waals surface area contributed by atoms with Gasteiger partial charge in [-0.2, -0.15) is 0 Å². The number of ketones is 1. The topological polar surface area (TPSA) is 80.2 Å². The van der Waals surface area contributed by atoms with Crippen LogP contribution in [0.5, 0.6) is 0 Å². The lowest BCUT2D eigenvalue weighted by Crippen LogP contribution is -2.40. The van der Waals surface area contributed by atoms with Crippen molar-refractivity contribution in [1.82, 2.24) is 9.97 Å². The first-order chi connectivity index (χ1) is 15.9. The number of aryl methyl sites for hydroxylation is 2. The molecule has 0 spiro atoms. The van der Waals surface area contributed by atoms with Crippen molar-refractivity contribution in [2.45, 2.75) is 32.6 Å². The molecule has 7 heteroatoms. The standard InChI is InChI=1S/C26H29N3O3S/c1-2-20-4-3-5-23(16-20)25-10-7-21(18-27-25)6-9-24(30)17-22-8-11-26(28-19-22)29-12-14-33(31,32)15-13-29/h3-5,7-8,10-11,16,18-19H,2,6,9,12-15,17H2,1H3. The summed E-state index contributed by atoms with van der Waals surface area (Å²) in [4.78, 5) is 23.5. The Hall–Kier alpha value is -3.06. The highest BCUT2D eigenvalue weighted by Crippen LogP contribution is 2.20. The molecule has 2 aromatic heterocycles. The first kappa shape index (κ1) is 23.1. The molecule has 0 unspecified atom stereocenters. The second-order valence-electron chi connectivity index (χ2n) is 8.48. The Balaban J connectivity index is 1.28. The third-order valence-electron chi connectivity index (χ3n) is 6.03. The molecule has 4 rings (SSSR count). The molecule has 0 bridgehead atoms. The third kappa shape index (κ3) is 6.26. The van der Waals surface area contributed by atoms with Gasteiger partial charge in [0, 0.05) is 43.9 Å². The van der Waals surface area contributed by atoms with Crippen molar-refractivity contribution < 1.29 is 13.2 Å². The lowest BCUT2D eigenvalue weighted by atomic mass is 10.0. The summed E-state index contributed by atoms with van der Waals surface area (Å²) in [6.07, 6.45) is 6.03. The highest BCUT2D eigenvalue weighted by atomic mass is 32.2. The minimum Gasteiger partial charge on any atom is -0.355 e. The summed E-state index contributed by atoms with van der Waals surface area (Å²) in [6, 6.07) is 16.2. The summed E-state index contributed by atoms with van der Waals surface area (Å²) in [5.74, 6) is 1.25. The first-order valence-electron chi connectivity index (χ1n) is 11.4. The summed E-state index contributed by atoms with van der Waals surface area (Å²) in [7, 11) is -2.92. The zero-order valence-corrected chi connectivity index (χ0v) is 19.7. The number of rotatable bonds is 8. The summed E-state index contributed by atoms with van der Waals surface area (Å²) >= 11 is 0. The van der Waals surface area contributed by atoms with Gasteiger partial charge in [-0.25, -0.2) is 13.4 Å². The van der Waals surface area contributed by atoms with Crippen molar-refractivity contribution in [2.24, 2.45) is 0 Å². The summed E-state index contributed by atoms with van der Waals surface area (Å²) in [5.41, 5.74) is 5.26. The lowest BCUT2D eigenvalue weighted by molar-refractivity contribution is -0.118. The zero-order chi connectivity index (χ0) is 23.3. The Morgan fingerprint density at radius 3 is 2.36 bits per heavy atom. The average Bonchev–Trinajstić information content (AvgIpc) is 2.84. The zero-order valence-electron chi connectivity index (χ0n) is 18.9. The summed E-state index contributed by atoms with van der Waals surface area (Å²) in [5, 5.41) is 0. The molecule has 3 heterocycles.